The molecule has 0 aliphatic carbocycles. The van der Waals surface area contributed by atoms with Crippen LogP contribution < -0.4 is 10.6 Å². The van der Waals surface area contributed by atoms with Crippen LogP contribution in [0, 0.1) is 0 Å². The van der Waals surface area contributed by atoms with Crippen molar-refractivity contribution in [3.63, 3.8) is 0 Å². The van der Waals surface area contributed by atoms with Gasteiger partial charge in [0.1, 0.15) is 0 Å². The van der Waals surface area contributed by atoms with Gasteiger partial charge in [0.05, 0.1) is 17.8 Å². The molecule has 0 aromatic heterocycles. The van der Waals surface area contributed by atoms with Crippen LogP contribution in [-0.2, 0) is 0 Å². The highest BCUT2D eigenvalue weighted by atomic mass is 79.9. The van der Waals surface area contributed by atoms with Crippen molar-refractivity contribution in [1.29, 1.82) is 0 Å². The molecule has 1 rings (SSSR count). The lowest BCUT2D eigenvalue weighted by molar-refractivity contribution is -0.132. The van der Waals surface area contributed by atoms with Gasteiger partial charge in [-0.3, -0.25) is 0 Å². The zero-order valence-electron chi connectivity index (χ0n) is 12.2. The highest BCUT2D eigenvalue weighted by molar-refractivity contribution is 9.10. The largest absolute Gasteiger partial charge is 0.397 e. The van der Waals surface area contributed by atoms with Gasteiger partial charge in [-0.15, -0.1) is 0 Å². The summed E-state index contributed by atoms with van der Waals surface area (Å²) in [5, 5.41) is 0. The minimum atomic E-state index is -4.17. The molecular formula is C15H20BrF3N2. The van der Waals surface area contributed by atoms with E-state index < -0.39 is 12.6 Å². The molecule has 0 atom stereocenters. The van der Waals surface area contributed by atoms with Crippen LogP contribution >= 0.6 is 15.9 Å². The molecule has 0 radical (unpaired) electrons. The van der Waals surface area contributed by atoms with Gasteiger partial charge in [-0.2, -0.15) is 13.2 Å². The maximum atomic E-state index is 12.5. The van der Waals surface area contributed by atoms with Gasteiger partial charge in [0.15, 0.2) is 0 Å². The van der Waals surface area contributed by atoms with E-state index in [1.807, 2.05) is 19.9 Å². The number of benzene rings is 1. The molecule has 0 aliphatic heterocycles. The second-order valence-corrected chi connectivity index (χ2v) is 5.86. The maximum absolute atomic E-state index is 12.5. The van der Waals surface area contributed by atoms with Crippen molar-refractivity contribution < 1.29 is 13.2 Å². The van der Waals surface area contributed by atoms with Crippen LogP contribution in [0.25, 0.3) is 0 Å². The minimum Gasteiger partial charge on any atom is -0.397 e. The van der Waals surface area contributed by atoms with Crippen molar-refractivity contribution in [2.24, 2.45) is 0 Å². The van der Waals surface area contributed by atoms with Crippen LogP contribution in [0.5, 0.6) is 0 Å². The van der Waals surface area contributed by atoms with Crippen molar-refractivity contribution in [1.82, 2.24) is 0 Å². The molecule has 0 bridgehead atoms. The Labute approximate surface area is 131 Å². The van der Waals surface area contributed by atoms with E-state index in [0.717, 1.165) is 10.0 Å². The molecule has 0 saturated heterocycles. The van der Waals surface area contributed by atoms with E-state index >= 15 is 0 Å². The summed E-state index contributed by atoms with van der Waals surface area (Å²) in [5.41, 5.74) is 8.20. The first-order valence-electron chi connectivity index (χ1n) is 6.71. The molecule has 0 fully saturated rings. The van der Waals surface area contributed by atoms with E-state index in [2.05, 4.69) is 15.9 Å². The lowest BCUT2D eigenvalue weighted by Gasteiger charge is -2.27. The third kappa shape index (κ3) is 6.42. The number of halogens is 4. The van der Waals surface area contributed by atoms with Gasteiger partial charge in [-0.05, 0) is 38.5 Å². The third-order valence-corrected chi connectivity index (χ3v) is 3.76. The summed E-state index contributed by atoms with van der Waals surface area (Å²) in [6.45, 7) is 4.31. The quantitative estimate of drug-likeness (QED) is 0.558. The minimum absolute atomic E-state index is 0.0909. The Morgan fingerprint density at radius 3 is 2.52 bits per heavy atom. The topological polar surface area (TPSA) is 29.3 Å². The number of allylic oxidation sites excluding steroid dienone is 1. The molecule has 0 saturated carbocycles. The number of nitrogen functional groups attached to an aromatic ring is 1. The average Bonchev–Trinajstić information content (AvgIpc) is 2.38. The van der Waals surface area contributed by atoms with Gasteiger partial charge in [0.2, 0.25) is 0 Å². The normalized spacial score (nSPS) is 12.6. The number of nitrogens with zero attached hydrogens (tertiary/aromatic N) is 1. The van der Waals surface area contributed by atoms with Gasteiger partial charge in [-0.1, -0.05) is 27.6 Å². The first kappa shape index (κ1) is 17.9. The fourth-order valence-corrected chi connectivity index (χ4v) is 2.26. The molecule has 0 heterocycles. The number of hydrogen-bond donors (Lipinski definition) is 1. The maximum Gasteiger partial charge on any atom is 0.390 e. The molecule has 2 nitrogen and oxygen atoms in total. The highest BCUT2D eigenvalue weighted by Gasteiger charge is 2.28. The predicted octanol–water partition coefficient (Wildman–Crippen LogP) is 5.15. The summed E-state index contributed by atoms with van der Waals surface area (Å²) in [4.78, 5) is 1.70. The Balaban J connectivity index is 2.89. The van der Waals surface area contributed by atoms with E-state index in [-0.39, 0.29) is 6.54 Å². The Morgan fingerprint density at radius 2 is 2.00 bits per heavy atom. The summed E-state index contributed by atoms with van der Waals surface area (Å²) in [5.74, 6) is 0. The monoisotopic (exact) mass is 364 g/mol. The van der Waals surface area contributed by atoms with E-state index in [9.17, 15) is 13.2 Å². The van der Waals surface area contributed by atoms with Crippen molar-refractivity contribution in [3.05, 3.63) is 34.3 Å². The van der Waals surface area contributed by atoms with Crippen LogP contribution in [-0.4, -0.2) is 19.3 Å². The molecule has 0 aliphatic rings. The average molecular weight is 365 g/mol. The van der Waals surface area contributed by atoms with Crippen LogP contribution in [0.1, 0.15) is 26.7 Å². The molecule has 21 heavy (non-hydrogen) atoms. The van der Waals surface area contributed by atoms with Gasteiger partial charge >= 0.3 is 6.18 Å². The second kappa shape index (κ2) is 7.73. The number of hydrogen-bond acceptors (Lipinski definition) is 2. The molecule has 0 spiro atoms. The fourth-order valence-electron chi connectivity index (χ4n) is 1.88. The summed E-state index contributed by atoms with van der Waals surface area (Å²) >= 11 is 3.30. The number of rotatable bonds is 6. The summed E-state index contributed by atoms with van der Waals surface area (Å²) in [6.07, 6.45) is -2.34. The summed E-state index contributed by atoms with van der Waals surface area (Å²) < 4.78 is 38.3. The predicted molar refractivity (Wildman–Crippen MR) is 85.5 cm³/mol. The lowest BCUT2D eigenvalue weighted by atomic mass is 10.1. The number of anilines is 2. The van der Waals surface area contributed by atoms with Gasteiger partial charge < -0.3 is 10.6 Å². The number of alkyl halides is 3. The zero-order valence-corrected chi connectivity index (χ0v) is 13.8. The van der Waals surface area contributed by atoms with Gasteiger partial charge in [-0.25, -0.2) is 0 Å². The molecule has 0 unspecified atom stereocenters. The van der Waals surface area contributed by atoms with E-state index in [0.29, 0.717) is 24.3 Å². The lowest BCUT2D eigenvalue weighted by Crippen LogP contribution is -2.30. The molecule has 0 amide bonds. The molecule has 6 heteroatoms. The van der Waals surface area contributed by atoms with Crippen molar-refractivity contribution in [3.8, 4) is 0 Å². The van der Waals surface area contributed by atoms with Crippen LogP contribution in [0.3, 0.4) is 0 Å². The first-order valence-corrected chi connectivity index (χ1v) is 7.50. The van der Waals surface area contributed by atoms with Crippen molar-refractivity contribution in [2.75, 3.05) is 23.7 Å². The number of nitrogens with two attached hydrogens (primary N) is 1. The molecular weight excluding hydrogens is 345 g/mol. The molecule has 118 valence electrons. The first-order chi connectivity index (χ1) is 9.73. The standard InChI is InChI=1S/C15H20BrF3N2/c1-3-11(2)6-8-21(9-7-15(17,18)19)14-5-4-12(16)10-13(14)20/h3-5,10H,6-9,20H2,1-2H3. The third-order valence-electron chi connectivity index (χ3n) is 3.26. The Morgan fingerprint density at radius 1 is 1.33 bits per heavy atom. The molecule has 2 N–H and O–H groups in total. The Bertz CT molecular complexity index is 498. The zero-order chi connectivity index (χ0) is 16.0. The van der Waals surface area contributed by atoms with Gasteiger partial charge in [0, 0.05) is 17.6 Å². The highest BCUT2D eigenvalue weighted by Crippen LogP contribution is 2.29. The van der Waals surface area contributed by atoms with Crippen molar-refractivity contribution in [2.45, 2.75) is 32.9 Å². The van der Waals surface area contributed by atoms with Crippen LogP contribution in [0.2, 0.25) is 0 Å². The SMILES string of the molecule is CC=C(C)CCN(CCC(F)(F)F)c1ccc(Br)cc1N. The second-order valence-electron chi connectivity index (χ2n) is 4.94. The van der Waals surface area contributed by atoms with E-state index in [1.54, 1.807) is 23.1 Å². The molecule has 1 aromatic rings. The smallest absolute Gasteiger partial charge is 0.390 e. The van der Waals surface area contributed by atoms with Crippen molar-refractivity contribution >= 4 is 27.3 Å². The van der Waals surface area contributed by atoms with Crippen LogP contribution in [0.15, 0.2) is 34.3 Å². The van der Waals surface area contributed by atoms with Gasteiger partial charge in [0.25, 0.3) is 0 Å². The van der Waals surface area contributed by atoms with E-state index in [1.165, 1.54) is 0 Å². The Kier molecular flexibility index (Phi) is 6.58. The Hall–Kier alpha value is -1.17. The van der Waals surface area contributed by atoms with Crippen LogP contribution in [0.4, 0.5) is 24.5 Å². The fraction of sp³-hybridized carbons (Fsp3) is 0.467. The molecule has 1 aromatic carbocycles. The van der Waals surface area contributed by atoms with E-state index in [4.69, 9.17) is 5.73 Å². The summed E-state index contributed by atoms with van der Waals surface area (Å²) in [6, 6.07) is 5.24. The summed E-state index contributed by atoms with van der Waals surface area (Å²) in [7, 11) is 0.